The van der Waals surface area contributed by atoms with Gasteiger partial charge in [0.2, 0.25) is 0 Å². The Morgan fingerprint density at radius 1 is 0.551 bits per heavy atom. The Balaban J connectivity index is 0.000000303. The van der Waals surface area contributed by atoms with Crippen LogP contribution in [-0.4, -0.2) is 9.78 Å². The summed E-state index contributed by atoms with van der Waals surface area (Å²) in [6, 6.07) is 48.9. The molecule has 5 aromatic carbocycles. The maximum Gasteiger partial charge on any atom is 3.00 e. The molecule has 1 heterocycles. The maximum atomic E-state index is 5.30. The second-order valence-corrected chi connectivity index (χ2v) is 12.3. The number of benzene rings is 5. The predicted molar refractivity (Wildman–Crippen MR) is 206 cm³/mol. The molecule has 1 atom stereocenters. The fraction of sp³-hybridized carbons (Fsp3) is 0.200. The first kappa shape index (κ1) is 40.8. The molecule has 0 bridgehead atoms. The Bertz CT molecular complexity index is 1580. The van der Waals surface area contributed by atoms with Gasteiger partial charge in [-0.1, -0.05) is 112 Å². The molecular formula is C45H51N3Zr-. The largest absolute Gasteiger partial charge is 3.00 e. The van der Waals surface area contributed by atoms with Gasteiger partial charge < -0.3 is 5.32 Å². The number of hydrogen-bond donors (Lipinski definition) is 0. The van der Waals surface area contributed by atoms with Crippen molar-refractivity contribution >= 4 is 5.69 Å². The minimum absolute atomic E-state index is 0. The summed E-state index contributed by atoms with van der Waals surface area (Å²) in [7, 11) is 1.96. The van der Waals surface area contributed by atoms with Crippen molar-refractivity contribution in [3.63, 3.8) is 0 Å². The van der Waals surface area contributed by atoms with Crippen LogP contribution in [0.1, 0.15) is 84.6 Å². The molecule has 4 heteroatoms. The van der Waals surface area contributed by atoms with Crippen molar-refractivity contribution in [3.05, 3.63) is 217 Å². The van der Waals surface area contributed by atoms with E-state index in [4.69, 9.17) is 5.32 Å². The van der Waals surface area contributed by atoms with Crippen molar-refractivity contribution in [3.8, 4) is 0 Å². The molecule has 1 radical (unpaired) electrons. The molecule has 0 fully saturated rings. The number of aryl methyl sites for hydroxylation is 1. The predicted octanol–water partition coefficient (Wildman–Crippen LogP) is 12.3. The summed E-state index contributed by atoms with van der Waals surface area (Å²) in [5.74, 6) is 0.868. The first-order chi connectivity index (χ1) is 23.1. The number of hydrogen-bond acceptors (Lipinski definition) is 1. The minimum atomic E-state index is 0. The summed E-state index contributed by atoms with van der Waals surface area (Å²) >= 11 is 0. The second kappa shape index (κ2) is 22.3. The standard InChI is InChI=1S/C24H30N3.3C7H7.Zr/c1-17(2)20-12-9-13-21(18(3)4)24(20)25-23(22-14-15-27(5)26-22)16-19-10-7-6-8-11-19;3*1-7-5-3-2-4-6-7;/h6-15,17-18,23H,16H2,1-5H3;3*2-6H,1H2;/q4*-1;+3. The fourth-order valence-corrected chi connectivity index (χ4v) is 4.92. The summed E-state index contributed by atoms with van der Waals surface area (Å²) in [4.78, 5) is 0. The van der Waals surface area contributed by atoms with E-state index in [9.17, 15) is 0 Å². The molecule has 1 unspecified atom stereocenters. The van der Waals surface area contributed by atoms with Crippen molar-refractivity contribution in [1.29, 1.82) is 0 Å². The van der Waals surface area contributed by atoms with Crippen molar-refractivity contribution in [2.24, 2.45) is 7.05 Å². The van der Waals surface area contributed by atoms with Gasteiger partial charge in [0.25, 0.3) is 0 Å². The minimum Gasteiger partial charge on any atom is -0.676 e. The molecule has 0 amide bonds. The third-order valence-electron chi connectivity index (χ3n) is 7.50. The van der Waals surface area contributed by atoms with Gasteiger partial charge in [-0.05, 0) is 29.9 Å². The molecule has 0 N–H and O–H groups in total. The molecule has 3 nitrogen and oxygen atoms in total. The molecule has 6 aromatic rings. The molecule has 49 heavy (non-hydrogen) atoms. The van der Waals surface area contributed by atoms with Crippen LogP contribution in [0, 0.1) is 20.8 Å². The van der Waals surface area contributed by atoms with Gasteiger partial charge in [-0.2, -0.15) is 79.0 Å². The van der Waals surface area contributed by atoms with Crippen LogP contribution in [0.5, 0.6) is 0 Å². The molecule has 1 aromatic heterocycles. The van der Waals surface area contributed by atoms with E-state index in [0.29, 0.717) is 11.8 Å². The number of nitrogens with zero attached hydrogens (tertiary/aromatic N) is 3. The van der Waals surface area contributed by atoms with Crippen LogP contribution >= 0.6 is 0 Å². The van der Waals surface area contributed by atoms with Crippen LogP contribution in [0.3, 0.4) is 0 Å². The van der Waals surface area contributed by atoms with Crippen molar-refractivity contribution in [1.82, 2.24) is 9.78 Å². The van der Waals surface area contributed by atoms with Crippen LogP contribution in [0.15, 0.2) is 152 Å². The first-order valence-corrected chi connectivity index (χ1v) is 16.6. The Labute approximate surface area is 316 Å². The van der Waals surface area contributed by atoms with Crippen molar-refractivity contribution in [2.45, 2.75) is 52.0 Å². The van der Waals surface area contributed by atoms with Crippen LogP contribution in [-0.2, 0) is 39.7 Å². The number of aromatic nitrogens is 2. The van der Waals surface area contributed by atoms with Crippen LogP contribution in [0.2, 0.25) is 0 Å². The summed E-state index contributed by atoms with van der Waals surface area (Å²) in [5, 5.41) is 9.98. The zero-order valence-electron chi connectivity index (χ0n) is 29.8. The van der Waals surface area contributed by atoms with E-state index in [2.05, 4.69) is 108 Å². The van der Waals surface area contributed by atoms with Crippen LogP contribution in [0.25, 0.3) is 5.32 Å². The topological polar surface area (TPSA) is 31.9 Å². The van der Waals surface area contributed by atoms with Crippen LogP contribution < -0.4 is 0 Å². The van der Waals surface area contributed by atoms with Gasteiger partial charge in [0.15, 0.2) is 0 Å². The Morgan fingerprint density at radius 2 is 0.939 bits per heavy atom. The van der Waals surface area contributed by atoms with Gasteiger partial charge in [0, 0.05) is 18.9 Å². The van der Waals surface area contributed by atoms with Crippen molar-refractivity contribution in [2.75, 3.05) is 0 Å². The molecule has 0 aliphatic carbocycles. The van der Waals surface area contributed by atoms with E-state index < -0.39 is 0 Å². The molecule has 0 spiro atoms. The quantitative estimate of drug-likeness (QED) is 0.151. The third kappa shape index (κ3) is 15.1. The van der Waals surface area contributed by atoms with Crippen molar-refractivity contribution < 1.29 is 26.2 Å². The van der Waals surface area contributed by atoms with E-state index >= 15 is 0 Å². The van der Waals surface area contributed by atoms with E-state index in [-0.39, 0.29) is 32.2 Å². The molecule has 0 aliphatic heterocycles. The maximum absolute atomic E-state index is 5.30. The van der Waals surface area contributed by atoms with Gasteiger partial charge in [-0.15, -0.1) is 42.1 Å². The average Bonchev–Trinajstić information content (AvgIpc) is 3.53. The summed E-state index contributed by atoms with van der Waals surface area (Å²) in [6.07, 6.45) is 2.85. The molecule has 0 saturated heterocycles. The summed E-state index contributed by atoms with van der Waals surface area (Å²) in [6.45, 7) is 20.1. The SMILES string of the molecule is CC(C)c1cccc(C(C)C)c1[N-]C(Cc1ccccc1)c1ccn(C)n1.[CH2-]c1ccccc1.[CH2-]c1ccccc1.[CH2-]c1ccccc1.[Zr+3]. The van der Waals surface area contributed by atoms with Gasteiger partial charge in [0.1, 0.15) is 0 Å². The van der Waals surface area contributed by atoms with E-state index in [1.54, 1.807) is 0 Å². The summed E-state index contributed by atoms with van der Waals surface area (Å²) < 4.78 is 1.86. The Morgan fingerprint density at radius 3 is 1.24 bits per heavy atom. The molecule has 6 rings (SSSR count). The van der Waals surface area contributed by atoms with E-state index in [1.807, 2.05) is 109 Å². The van der Waals surface area contributed by atoms with Gasteiger partial charge >= 0.3 is 26.2 Å². The average molecular weight is 725 g/mol. The van der Waals surface area contributed by atoms with E-state index in [1.165, 1.54) is 16.7 Å². The second-order valence-electron chi connectivity index (χ2n) is 12.3. The Hall–Kier alpha value is -4.40. The van der Waals surface area contributed by atoms with Crippen LogP contribution in [0.4, 0.5) is 5.69 Å². The zero-order chi connectivity index (χ0) is 34.7. The normalized spacial score (nSPS) is 10.6. The van der Waals surface area contributed by atoms with Gasteiger partial charge in [-0.25, -0.2) is 0 Å². The molecular weight excluding hydrogens is 674 g/mol. The number of para-hydroxylation sites is 1. The smallest absolute Gasteiger partial charge is 0.676 e. The summed E-state index contributed by atoms with van der Waals surface area (Å²) in [5.41, 5.74) is 9.30. The van der Waals surface area contributed by atoms with Gasteiger partial charge in [0.05, 0.1) is 0 Å². The monoisotopic (exact) mass is 723 g/mol. The van der Waals surface area contributed by atoms with Gasteiger partial charge in [-0.3, -0.25) is 4.68 Å². The first-order valence-electron chi connectivity index (χ1n) is 16.6. The molecule has 0 aliphatic rings. The fourth-order valence-electron chi connectivity index (χ4n) is 4.92. The molecule has 0 saturated carbocycles. The molecule has 251 valence electrons. The zero-order valence-corrected chi connectivity index (χ0v) is 32.3. The van der Waals surface area contributed by atoms with E-state index in [0.717, 1.165) is 34.5 Å². The Kier molecular flexibility index (Phi) is 18.5. The third-order valence-corrected chi connectivity index (χ3v) is 7.50. The number of rotatable bonds is 7.